The number of rotatable bonds is 4. The molecule has 0 aromatic carbocycles. The fourth-order valence-electron chi connectivity index (χ4n) is 0.516. The number of carbonyl (C=O) groups excluding carboxylic acids is 1. The Labute approximate surface area is 77.9 Å². The second-order valence-electron chi connectivity index (χ2n) is 2.37. The minimum Gasteiger partial charge on any atom is -0.546 e. The molecule has 0 aromatic rings. The van der Waals surface area contributed by atoms with Crippen molar-refractivity contribution < 1.29 is 42.3 Å². The second-order valence-corrected chi connectivity index (χ2v) is 5.65. The first-order valence-corrected chi connectivity index (χ1v) is 6.07. The zero-order chi connectivity index (χ0) is 11.8. The van der Waals surface area contributed by atoms with Crippen LogP contribution in [0.15, 0.2) is 0 Å². The van der Waals surface area contributed by atoms with E-state index in [1.807, 2.05) is 0 Å². The molecule has 0 heterocycles. The predicted molar refractivity (Wildman–Crippen MR) is 38.4 cm³/mol. The molecular weight excluding hydrogens is 243 g/mol. The van der Waals surface area contributed by atoms with E-state index in [1.165, 1.54) is 0 Å². The van der Waals surface area contributed by atoms with Crippen molar-refractivity contribution in [3.05, 3.63) is 0 Å². The van der Waals surface area contributed by atoms with Crippen molar-refractivity contribution in [2.24, 2.45) is 0 Å². The maximum Gasteiger partial charge on any atom is 0.363 e. The Balaban J connectivity index is 5.37. The summed E-state index contributed by atoms with van der Waals surface area (Å²) in [4.78, 5) is 26.8. The molecule has 14 heavy (non-hydrogen) atoms. The van der Waals surface area contributed by atoms with E-state index < -0.39 is 34.8 Å². The van der Waals surface area contributed by atoms with E-state index in [2.05, 4.69) is 0 Å². The molecule has 11 heteroatoms. The van der Waals surface area contributed by atoms with Gasteiger partial charge >= 0.3 is 7.60 Å². The molecule has 1 atom stereocenters. The highest BCUT2D eigenvalue weighted by molar-refractivity contribution is 7.86. The van der Waals surface area contributed by atoms with Gasteiger partial charge in [0.15, 0.2) is 0 Å². The summed E-state index contributed by atoms with van der Waals surface area (Å²) in [5.74, 6) is -4.74. The van der Waals surface area contributed by atoms with E-state index in [4.69, 9.17) is 19.4 Å². The third-order valence-electron chi connectivity index (χ3n) is 1.19. The van der Waals surface area contributed by atoms with E-state index in [0.29, 0.717) is 0 Å². The summed E-state index contributed by atoms with van der Waals surface area (Å²) in [6, 6.07) is 0. The largest absolute Gasteiger partial charge is 0.546 e. The normalized spacial score (nSPS) is 17.4. The summed E-state index contributed by atoms with van der Waals surface area (Å²) in [5, 5.41) is 15.0. The Kier molecular flexibility index (Phi) is 3.44. The molecule has 9 nitrogen and oxygen atoms in total. The van der Waals surface area contributed by atoms with E-state index >= 15 is 0 Å². The zero-order valence-corrected chi connectivity index (χ0v) is 8.10. The number of hydrogen-bond donors (Lipinski definition) is 4. The lowest BCUT2D eigenvalue weighted by molar-refractivity contribution is -0.317. The average Bonchev–Trinajstić information content (AvgIpc) is 1.79. The van der Waals surface area contributed by atoms with Crippen LogP contribution in [-0.2, 0) is 19.5 Å². The van der Waals surface area contributed by atoms with Crippen molar-refractivity contribution in [1.82, 2.24) is 0 Å². The maximum absolute atomic E-state index is 10.4. The smallest absolute Gasteiger partial charge is 0.363 e. The lowest BCUT2D eigenvalue weighted by Crippen LogP contribution is -2.52. The van der Waals surface area contributed by atoms with Crippen molar-refractivity contribution >= 4 is 23.7 Å². The van der Waals surface area contributed by atoms with E-state index in [-0.39, 0.29) is 0 Å². The first kappa shape index (κ1) is 13.5. The summed E-state index contributed by atoms with van der Waals surface area (Å²) < 4.78 is 38.9. The monoisotopic (exact) mass is 249 g/mol. The predicted octanol–water partition coefficient (Wildman–Crippen LogP) is -3.51. The molecule has 0 unspecified atom stereocenters. The van der Waals surface area contributed by atoms with Crippen molar-refractivity contribution in [2.75, 3.05) is 5.75 Å². The molecule has 0 aliphatic carbocycles. The first-order valence-electron chi connectivity index (χ1n) is 2.85. The third-order valence-corrected chi connectivity index (χ3v) is 3.49. The van der Waals surface area contributed by atoms with Crippen LogP contribution in [0.5, 0.6) is 0 Å². The highest BCUT2D eigenvalue weighted by Gasteiger charge is 2.50. The Morgan fingerprint density at radius 2 is 1.79 bits per heavy atom. The minimum absolute atomic E-state index is 2.05. The quantitative estimate of drug-likeness (QED) is 0.291. The summed E-state index contributed by atoms with van der Waals surface area (Å²) >= 11 is 0. The number of aliphatic hydroxyl groups is 1. The van der Waals surface area contributed by atoms with Crippen LogP contribution in [0.2, 0.25) is 0 Å². The van der Waals surface area contributed by atoms with Gasteiger partial charge in [-0.1, -0.05) is 0 Å². The molecule has 4 N–H and O–H groups in total. The fraction of sp³-hybridized carbons (Fsp3) is 0.667. The van der Waals surface area contributed by atoms with E-state index in [1.54, 1.807) is 0 Å². The molecule has 0 rings (SSSR count). The summed E-state index contributed by atoms with van der Waals surface area (Å²) in [5.41, 5.74) is 0. The highest BCUT2D eigenvalue weighted by atomic mass is 32.2. The van der Waals surface area contributed by atoms with Gasteiger partial charge in [0.05, 0.1) is 5.97 Å². The Bertz CT molecular complexity index is 377. The number of aliphatic carboxylic acids is 1. The van der Waals surface area contributed by atoms with Crippen LogP contribution in [0, 0.1) is 0 Å². The third kappa shape index (κ3) is 3.01. The number of carboxylic acids is 1. The van der Waals surface area contributed by atoms with Gasteiger partial charge in [-0.15, -0.1) is 0 Å². The van der Waals surface area contributed by atoms with Crippen molar-refractivity contribution in [3.8, 4) is 0 Å². The molecule has 0 saturated carbocycles. The fourth-order valence-corrected chi connectivity index (χ4v) is 2.54. The molecule has 0 radical (unpaired) electrons. The van der Waals surface area contributed by atoms with Gasteiger partial charge in [-0.3, -0.25) is 9.12 Å². The molecule has 0 fully saturated rings. The van der Waals surface area contributed by atoms with Crippen molar-refractivity contribution in [1.29, 1.82) is 0 Å². The molecule has 0 aliphatic rings. The van der Waals surface area contributed by atoms with Gasteiger partial charge in [-0.2, -0.15) is 8.42 Å². The summed E-state index contributed by atoms with van der Waals surface area (Å²) in [7, 11) is -10.8. The van der Waals surface area contributed by atoms with Crippen molar-refractivity contribution in [2.45, 2.75) is 5.34 Å². The van der Waals surface area contributed by atoms with Crippen LogP contribution in [-0.4, -0.2) is 44.9 Å². The second kappa shape index (κ2) is 3.57. The Hall–Kier alpha value is -0.510. The lowest BCUT2D eigenvalue weighted by Gasteiger charge is -2.27. The van der Waals surface area contributed by atoms with Crippen LogP contribution in [0.25, 0.3) is 0 Å². The molecule has 0 bridgehead atoms. The van der Waals surface area contributed by atoms with Crippen molar-refractivity contribution in [3.63, 3.8) is 0 Å². The van der Waals surface area contributed by atoms with Crippen LogP contribution >= 0.6 is 7.60 Å². The number of carboxylic acid groups (broad SMARTS) is 1. The van der Waals surface area contributed by atoms with Gasteiger partial charge in [0.1, 0.15) is 5.75 Å². The van der Waals surface area contributed by atoms with Gasteiger partial charge in [-0.25, -0.2) is 0 Å². The molecule has 0 spiro atoms. The lowest BCUT2D eigenvalue weighted by atomic mass is 10.4. The molecule has 0 amide bonds. The van der Waals surface area contributed by atoms with Crippen LogP contribution < -0.4 is 5.11 Å². The summed E-state index contributed by atoms with van der Waals surface area (Å²) in [6.45, 7) is 0. The van der Waals surface area contributed by atoms with E-state index in [9.17, 15) is 22.9 Å². The van der Waals surface area contributed by atoms with E-state index in [0.717, 1.165) is 0 Å². The van der Waals surface area contributed by atoms with Gasteiger partial charge in [0, 0.05) is 0 Å². The number of hydrogen-bond acceptors (Lipinski definition) is 6. The average molecular weight is 249 g/mol. The van der Waals surface area contributed by atoms with Crippen LogP contribution in [0.1, 0.15) is 0 Å². The zero-order valence-electron chi connectivity index (χ0n) is 6.39. The topological polar surface area (TPSA) is 172 Å². The number of carbonyl (C=O) groups is 1. The van der Waals surface area contributed by atoms with Gasteiger partial charge in [-0.05, 0) is 0 Å². The highest BCUT2D eigenvalue weighted by Crippen LogP contribution is 2.49. The Morgan fingerprint density at radius 1 is 1.43 bits per heavy atom. The van der Waals surface area contributed by atoms with Gasteiger partial charge in [0.25, 0.3) is 10.1 Å². The first-order chi connectivity index (χ1) is 5.90. The minimum atomic E-state index is -5.69. The molecule has 0 saturated heterocycles. The summed E-state index contributed by atoms with van der Waals surface area (Å²) in [6.07, 6.45) is 0. The molecule has 0 aliphatic heterocycles. The maximum atomic E-state index is 10.4. The van der Waals surface area contributed by atoms with Gasteiger partial charge in [0.2, 0.25) is 5.34 Å². The molecule has 0 aromatic heterocycles. The standard InChI is InChI=1S/C3H7O9PS/c4-2(5)3(6,13(7,8)9)1-14(10,11)12/h6H,1H2,(H,4,5)(H2,7,8,9)(H,10,11,12)/p-1/t3-/m0/s1. The SMILES string of the molecule is O=C([O-])[C@](O)(CS(=O)(=O)O)P(=O)(O)O. The van der Waals surface area contributed by atoms with Crippen LogP contribution in [0.4, 0.5) is 0 Å². The van der Waals surface area contributed by atoms with Gasteiger partial charge < -0.3 is 24.8 Å². The van der Waals surface area contributed by atoms with Crippen LogP contribution in [0.3, 0.4) is 0 Å². The molecule has 84 valence electrons. The molecular formula is C3H6O9PS-. The Morgan fingerprint density at radius 3 is 1.86 bits per heavy atom.